The van der Waals surface area contributed by atoms with Gasteiger partial charge in [0.1, 0.15) is 0 Å². The number of carbonyl (C=O) groups excluding carboxylic acids is 1. The Morgan fingerprint density at radius 1 is 1.27 bits per heavy atom. The smallest absolute Gasteiger partial charge is 0.231 e. The highest BCUT2D eigenvalue weighted by Crippen LogP contribution is 2.32. The largest absolute Gasteiger partial charge is 0.454 e. The van der Waals surface area contributed by atoms with Crippen LogP contribution in [0.25, 0.3) is 0 Å². The summed E-state index contributed by atoms with van der Waals surface area (Å²) in [7, 11) is 1.78. The lowest BCUT2D eigenvalue weighted by Crippen LogP contribution is -2.29. The molecule has 116 valence electrons. The molecule has 0 saturated heterocycles. The SMILES string of the molecule is CN(CCc1ncon1)C(=O)CCc1ccc2c(c1)OCO2. The maximum atomic E-state index is 12.1. The molecule has 0 radical (unpaired) electrons. The van der Waals surface area contributed by atoms with E-state index in [2.05, 4.69) is 14.7 Å². The maximum absolute atomic E-state index is 12.1. The van der Waals surface area contributed by atoms with Gasteiger partial charge in [-0.3, -0.25) is 4.79 Å². The van der Waals surface area contributed by atoms with Gasteiger partial charge in [-0.2, -0.15) is 4.98 Å². The number of rotatable bonds is 6. The second-order valence-electron chi connectivity index (χ2n) is 5.10. The lowest BCUT2D eigenvalue weighted by molar-refractivity contribution is -0.129. The predicted molar refractivity (Wildman–Crippen MR) is 76.5 cm³/mol. The van der Waals surface area contributed by atoms with E-state index in [0.29, 0.717) is 31.6 Å². The summed E-state index contributed by atoms with van der Waals surface area (Å²) in [4.78, 5) is 17.7. The minimum Gasteiger partial charge on any atom is -0.454 e. The Hall–Kier alpha value is -2.57. The molecule has 0 aliphatic carbocycles. The Morgan fingerprint density at radius 2 is 2.14 bits per heavy atom. The number of aryl methyl sites for hydroxylation is 1. The quantitative estimate of drug-likeness (QED) is 0.803. The van der Waals surface area contributed by atoms with Crippen molar-refractivity contribution in [2.75, 3.05) is 20.4 Å². The lowest BCUT2D eigenvalue weighted by Gasteiger charge is -2.16. The summed E-state index contributed by atoms with van der Waals surface area (Å²) < 4.78 is 15.3. The molecule has 2 heterocycles. The first-order valence-corrected chi connectivity index (χ1v) is 7.10. The third kappa shape index (κ3) is 3.36. The van der Waals surface area contributed by atoms with Crippen molar-refractivity contribution in [1.29, 1.82) is 0 Å². The van der Waals surface area contributed by atoms with E-state index in [9.17, 15) is 4.79 Å². The van der Waals surface area contributed by atoms with Crippen molar-refractivity contribution in [1.82, 2.24) is 15.0 Å². The number of amides is 1. The summed E-state index contributed by atoms with van der Waals surface area (Å²) in [6.45, 7) is 0.829. The lowest BCUT2D eigenvalue weighted by atomic mass is 10.1. The number of aromatic nitrogens is 2. The standard InChI is InChI=1S/C15H17N3O4/c1-18(7-6-14-16-9-22-17-14)15(19)5-3-11-2-4-12-13(8-11)21-10-20-12/h2,4,8-9H,3,5-7,10H2,1H3. The van der Waals surface area contributed by atoms with Crippen LogP contribution in [0.1, 0.15) is 17.8 Å². The normalized spacial score (nSPS) is 12.4. The minimum atomic E-state index is 0.0844. The average molecular weight is 303 g/mol. The minimum absolute atomic E-state index is 0.0844. The fraction of sp³-hybridized carbons (Fsp3) is 0.400. The molecule has 1 aliphatic heterocycles. The van der Waals surface area contributed by atoms with Crippen LogP contribution in [0.3, 0.4) is 0 Å². The van der Waals surface area contributed by atoms with Crippen molar-refractivity contribution < 1.29 is 18.8 Å². The molecule has 0 bridgehead atoms. The molecule has 3 rings (SSSR count). The van der Waals surface area contributed by atoms with E-state index in [1.165, 1.54) is 6.39 Å². The third-order valence-electron chi connectivity index (χ3n) is 3.57. The van der Waals surface area contributed by atoms with Gasteiger partial charge in [0.25, 0.3) is 0 Å². The molecule has 0 atom stereocenters. The topological polar surface area (TPSA) is 77.7 Å². The van der Waals surface area contributed by atoms with Crippen LogP contribution in [-0.2, 0) is 17.6 Å². The van der Waals surface area contributed by atoms with E-state index in [1.807, 2.05) is 18.2 Å². The molecule has 0 saturated carbocycles. The molecule has 0 unspecified atom stereocenters. The summed E-state index contributed by atoms with van der Waals surface area (Å²) in [6.07, 6.45) is 2.99. The van der Waals surface area contributed by atoms with Gasteiger partial charge in [0.2, 0.25) is 19.1 Å². The number of likely N-dealkylation sites (N-methyl/N-ethyl adjacent to an activating group) is 1. The Labute approximate surface area is 127 Å². The molecule has 7 heteroatoms. The monoisotopic (exact) mass is 303 g/mol. The zero-order valence-corrected chi connectivity index (χ0v) is 12.3. The zero-order chi connectivity index (χ0) is 15.4. The number of hydrogen-bond donors (Lipinski definition) is 0. The number of fused-ring (bicyclic) bond motifs is 1. The van der Waals surface area contributed by atoms with Gasteiger partial charge in [0.15, 0.2) is 17.3 Å². The van der Waals surface area contributed by atoms with Crippen molar-refractivity contribution in [3.05, 3.63) is 36.0 Å². The van der Waals surface area contributed by atoms with E-state index in [0.717, 1.165) is 17.1 Å². The summed E-state index contributed by atoms with van der Waals surface area (Å²) in [5.41, 5.74) is 1.06. The summed E-state index contributed by atoms with van der Waals surface area (Å²) in [6, 6.07) is 5.76. The molecular weight excluding hydrogens is 286 g/mol. The van der Waals surface area contributed by atoms with Crippen LogP contribution in [-0.4, -0.2) is 41.3 Å². The molecule has 1 aromatic heterocycles. The average Bonchev–Trinajstić information content (AvgIpc) is 3.20. The van der Waals surface area contributed by atoms with E-state index < -0.39 is 0 Å². The van der Waals surface area contributed by atoms with Crippen LogP contribution in [0.4, 0.5) is 0 Å². The number of ether oxygens (including phenoxy) is 2. The zero-order valence-electron chi connectivity index (χ0n) is 12.3. The Bertz CT molecular complexity index is 642. The summed E-state index contributed by atoms with van der Waals surface area (Å²) in [5, 5.41) is 3.72. The maximum Gasteiger partial charge on any atom is 0.231 e. The first-order chi connectivity index (χ1) is 10.7. The molecule has 7 nitrogen and oxygen atoms in total. The molecule has 1 aliphatic rings. The van der Waals surface area contributed by atoms with Crippen molar-refractivity contribution >= 4 is 5.91 Å². The van der Waals surface area contributed by atoms with Crippen LogP contribution in [0.5, 0.6) is 11.5 Å². The van der Waals surface area contributed by atoms with E-state index in [-0.39, 0.29) is 12.7 Å². The molecule has 1 aromatic carbocycles. The van der Waals surface area contributed by atoms with Crippen LogP contribution in [0.2, 0.25) is 0 Å². The van der Waals surface area contributed by atoms with Gasteiger partial charge in [-0.25, -0.2) is 0 Å². The number of benzene rings is 1. The van der Waals surface area contributed by atoms with E-state index in [1.54, 1.807) is 11.9 Å². The second kappa shape index (κ2) is 6.46. The second-order valence-corrected chi connectivity index (χ2v) is 5.10. The van der Waals surface area contributed by atoms with Crippen molar-refractivity contribution in [2.24, 2.45) is 0 Å². The van der Waals surface area contributed by atoms with Gasteiger partial charge in [-0.05, 0) is 24.1 Å². The molecule has 0 spiro atoms. The molecule has 0 N–H and O–H groups in total. The van der Waals surface area contributed by atoms with Gasteiger partial charge in [-0.1, -0.05) is 11.2 Å². The van der Waals surface area contributed by atoms with Gasteiger partial charge in [0.05, 0.1) is 0 Å². The highest BCUT2D eigenvalue weighted by atomic mass is 16.7. The number of hydrogen-bond acceptors (Lipinski definition) is 6. The molecule has 1 amide bonds. The fourth-order valence-corrected chi connectivity index (χ4v) is 2.23. The van der Waals surface area contributed by atoms with Gasteiger partial charge in [-0.15, -0.1) is 0 Å². The molecular formula is C15H17N3O4. The molecule has 2 aromatic rings. The van der Waals surface area contributed by atoms with Crippen molar-refractivity contribution in [3.63, 3.8) is 0 Å². The van der Waals surface area contributed by atoms with Crippen LogP contribution < -0.4 is 9.47 Å². The van der Waals surface area contributed by atoms with Crippen molar-refractivity contribution in [2.45, 2.75) is 19.3 Å². The van der Waals surface area contributed by atoms with Crippen LogP contribution in [0.15, 0.2) is 29.1 Å². The van der Waals surface area contributed by atoms with Gasteiger partial charge >= 0.3 is 0 Å². The van der Waals surface area contributed by atoms with Crippen molar-refractivity contribution in [3.8, 4) is 11.5 Å². The number of nitrogens with zero attached hydrogens (tertiary/aromatic N) is 3. The summed E-state index contributed by atoms with van der Waals surface area (Å²) >= 11 is 0. The highest BCUT2D eigenvalue weighted by Gasteiger charge is 2.14. The first-order valence-electron chi connectivity index (χ1n) is 7.10. The van der Waals surface area contributed by atoms with Crippen LogP contribution >= 0.6 is 0 Å². The first kappa shape index (κ1) is 14.4. The Balaban J connectivity index is 1.47. The fourth-order valence-electron chi connectivity index (χ4n) is 2.23. The highest BCUT2D eigenvalue weighted by molar-refractivity contribution is 5.76. The van der Waals surface area contributed by atoms with Crippen LogP contribution in [0, 0.1) is 0 Å². The van der Waals surface area contributed by atoms with Gasteiger partial charge < -0.3 is 18.9 Å². The molecule has 0 fully saturated rings. The molecule has 22 heavy (non-hydrogen) atoms. The Morgan fingerprint density at radius 3 is 2.95 bits per heavy atom. The third-order valence-corrected chi connectivity index (χ3v) is 3.57. The van der Waals surface area contributed by atoms with Gasteiger partial charge in [0, 0.05) is 26.4 Å². The Kier molecular flexibility index (Phi) is 4.22. The summed E-state index contributed by atoms with van der Waals surface area (Å²) in [5.74, 6) is 2.19. The number of carbonyl (C=O) groups is 1. The van der Waals surface area contributed by atoms with E-state index in [4.69, 9.17) is 9.47 Å². The van der Waals surface area contributed by atoms with E-state index >= 15 is 0 Å². The predicted octanol–water partition coefficient (Wildman–Crippen LogP) is 1.43.